The Balaban J connectivity index is 1.74. The van der Waals surface area contributed by atoms with Gasteiger partial charge in [-0.2, -0.15) is 0 Å². The summed E-state index contributed by atoms with van der Waals surface area (Å²) >= 11 is 6.13. The van der Waals surface area contributed by atoms with Crippen molar-refractivity contribution in [1.29, 1.82) is 0 Å². The molecule has 0 unspecified atom stereocenters. The molecule has 0 bridgehead atoms. The van der Waals surface area contributed by atoms with Crippen molar-refractivity contribution in [2.75, 3.05) is 13.1 Å². The number of likely N-dealkylation sites (tertiary alicyclic amines) is 1. The monoisotopic (exact) mass is 393 g/mol. The molecule has 0 spiro atoms. The molecule has 1 aromatic carbocycles. The van der Waals surface area contributed by atoms with Crippen molar-refractivity contribution in [2.45, 2.75) is 18.9 Å². The first-order valence-electron chi connectivity index (χ1n) is 7.88. The van der Waals surface area contributed by atoms with Crippen LogP contribution < -0.4 is 5.11 Å². The van der Waals surface area contributed by atoms with Crippen LogP contribution in [0.1, 0.15) is 18.4 Å². The maximum Gasteiger partial charge on any atom is 0.266 e. The second-order valence-corrected chi connectivity index (χ2v) is 7.53. The summed E-state index contributed by atoms with van der Waals surface area (Å²) in [4.78, 5) is 38.6. The lowest BCUT2D eigenvalue weighted by molar-refractivity contribution is -0.310. The third kappa shape index (κ3) is 3.63. The van der Waals surface area contributed by atoms with E-state index in [-0.39, 0.29) is 21.3 Å². The molecular weight excluding hydrogens is 379 g/mol. The van der Waals surface area contributed by atoms with E-state index in [1.807, 2.05) is 0 Å². The highest BCUT2D eigenvalue weighted by molar-refractivity contribution is 8.26. The molecule has 0 aromatic heterocycles. The Morgan fingerprint density at radius 3 is 2.81 bits per heavy atom. The number of rotatable bonds is 4. The minimum absolute atomic E-state index is 0.176. The topological polar surface area (TPSA) is 80.8 Å². The van der Waals surface area contributed by atoms with E-state index in [1.165, 1.54) is 23.1 Å². The van der Waals surface area contributed by atoms with Gasteiger partial charge >= 0.3 is 0 Å². The Morgan fingerprint density at radius 2 is 2.12 bits per heavy atom. The molecule has 2 saturated heterocycles. The van der Waals surface area contributed by atoms with Gasteiger partial charge in [0.2, 0.25) is 5.91 Å². The second-order valence-electron chi connectivity index (χ2n) is 5.85. The number of thioether (sulfide) groups is 1. The minimum Gasteiger partial charge on any atom is -0.548 e. The highest BCUT2D eigenvalue weighted by Gasteiger charge is 2.37. The predicted octanol–water partition coefficient (Wildman–Crippen LogP) is 0.768. The first-order chi connectivity index (χ1) is 12.4. The van der Waals surface area contributed by atoms with Gasteiger partial charge in [0.25, 0.3) is 5.91 Å². The van der Waals surface area contributed by atoms with Crippen LogP contribution in [0.2, 0.25) is 0 Å². The van der Waals surface area contributed by atoms with E-state index in [0.717, 1.165) is 16.7 Å². The summed E-state index contributed by atoms with van der Waals surface area (Å²) < 4.78 is 13.9. The van der Waals surface area contributed by atoms with Crippen molar-refractivity contribution in [2.24, 2.45) is 0 Å². The Kier molecular flexibility index (Phi) is 5.38. The van der Waals surface area contributed by atoms with Crippen LogP contribution in [-0.2, 0) is 14.4 Å². The van der Waals surface area contributed by atoms with Crippen LogP contribution in [-0.4, -0.2) is 51.0 Å². The summed E-state index contributed by atoms with van der Waals surface area (Å²) in [5.74, 6) is -2.77. The molecule has 1 atom stereocenters. The summed E-state index contributed by atoms with van der Waals surface area (Å²) in [6.45, 7) is -0.0413. The number of hydrogen-bond acceptors (Lipinski definition) is 6. The molecule has 0 aliphatic carbocycles. The summed E-state index contributed by atoms with van der Waals surface area (Å²) in [7, 11) is 0. The Hall–Kier alpha value is -2.26. The van der Waals surface area contributed by atoms with E-state index in [4.69, 9.17) is 12.2 Å². The molecule has 6 nitrogen and oxygen atoms in total. The molecule has 26 heavy (non-hydrogen) atoms. The SMILES string of the molecule is O=C([O-])[C@H]1CCCN1C(=O)CN1C(=O)/C(=C/c2ccccc2F)SC1=S. The van der Waals surface area contributed by atoms with E-state index in [2.05, 4.69) is 0 Å². The van der Waals surface area contributed by atoms with Crippen LogP contribution in [0.3, 0.4) is 0 Å². The molecule has 0 N–H and O–H groups in total. The number of aliphatic carboxylic acids is 1. The molecule has 0 radical (unpaired) electrons. The Morgan fingerprint density at radius 1 is 1.38 bits per heavy atom. The molecule has 2 fully saturated rings. The van der Waals surface area contributed by atoms with Crippen molar-refractivity contribution in [3.8, 4) is 0 Å². The number of halogens is 1. The number of carbonyl (C=O) groups excluding carboxylic acids is 3. The molecule has 2 aliphatic rings. The van der Waals surface area contributed by atoms with E-state index >= 15 is 0 Å². The number of carbonyl (C=O) groups is 3. The largest absolute Gasteiger partial charge is 0.548 e. The first-order valence-corrected chi connectivity index (χ1v) is 9.11. The lowest BCUT2D eigenvalue weighted by Crippen LogP contribution is -2.50. The van der Waals surface area contributed by atoms with Gasteiger partial charge in [-0.3, -0.25) is 14.5 Å². The molecular formula is C17H14FN2O4S2-. The second kappa shape index (κ2) is 7.55. The van der Waals surface area contributed by atoms with Gasteiger partial charge in [0.1, 0.15) is 16.7 Å². The van der Waals surface area contributed by atoms with Gasteiger partial charge in [0.15, 0.2) is 0 Å². The predicted molar refractivity (Wildman–Crippen MR) is 96.0 cm³/mol. The zero-order chi connectivity index (χ0) is 18.8. The number of carboxylic acids is 1. The van der Waals surface area contributed by atoms with Gasteiger partial charge in [-0.05, 0) is 25.0 Å². The number of amides is 2. The number of hydrogen-bond donors (Lipinski definition) is 0. The first kappa shape index (κ1) is 18.5. The molecule has 2 aliphatic heterocycles. The lowest BCUT2D eigenvalue weighted by Gasteiger charge is -2.27. The summed E-state index contributed by atoms with van der Waals surface area (Å²) in [6, 6.07) is 5.02. The van der Waals surface area contributed by atoms with E-state index in [0.29, 0.717) is 19.4 Å². The maximum atomic E-state index is 13.8. The molecule has 3 rings (SSSR count). The molecule has 136 valence electrons. The van der Waals surface area contributed by atoms with Gasteiger partial charge in [-0.1, -0.05) is 42.2 Å². The molecule has 0 saturated carbocycles. The van der Waals surface area contributed by atoms with Gasteiger partial charge in [-0.15, -0.1) is 0 Å². The van der Waals surface area contributed by atoms with Gasteiger partial charge in [0.05, 0.1) is 16.9 Å². The number of benzene rings is 1. The summed E-state index contributed by atoms with van der Waals surface area (Å²) in [6.07, 6.45) is 2.29. The third-order valence-electron chi connectivity index (χ3n) is 4.20. The normalized spacial score (nSPS) is 21.7. The summed E-state index contributed by atoms with van der Waals surface area (Å²) in [5, 5.41) is 11.1. The maximum absolute atomic E-state index is 13.8. The number of nitrogens with zero attached hydrogens (tertiary/aromatic N) is 2. The van der Waals surface area contributed by atoms with Crippen molar-refractivity contribution < 1.29 is 23.9 Å². The van der Waals surface area contributed by atoms with Crippen LogP contribution in [0.5, 0.6) is 0 Å². The third-order valence-corrected chi connectivity index (χ3v) is 5.58. The van der Waals surface area contributed by atoms with Gasteiger partial charge in [-0.25, -0.2) is 4.39 Å². The summed E-state index contributed by atoms with van der Waals surface area (Å²) in [5.41, 5.74) is 0.246. The number of carboxylic acid groups (broad SMARTS) is 1. The zero-order valence-corrected chi connectivity index (χ0v) is 15.1. The van der Waals surface area contributed by atoms with Crippen molar-refractivity contribution in [3.63, 3.8) is 0 Å². The molecule has 1 aromatic rings. The Bertz CT molecular complexity index is 827. The minimum atomic E-state index is -1.30. The smallest absolute Gasteiger partial charge is 0.266 e. The fraction of sp³-hybridized carbons (Fsp3) is 0.294. The number of thiocarbonyl (C=S) groups is 1. The standard InChI is InChI=1S/C17H15FN2O4S2/c18-11-5-2-1-4-10(11)8-13-15(22)20(17(25)26-13)9-14(21)19-7-3-6-12(19)16(23)24/h1-2,4-5,8,12H,3,6-7,9H2,(H,23,24)/p-1/b13-8-/t12-/m1/s1. The van der Waals surface area contributed by atoms with E-state index in [1.54, 1.807) is 12.1 Å². The lowest BCUT2D eigenvalue weighted by atomic mass is 10.2. The van der Waals surface area contributed by atoms with Gasteiger partial charge in [0, 0.05) is 12.1 Å². The van der Waals surface area contributed by atoms with Crippen LogP contribution in [0, 0.1) is 5.82 Å². The Labute approximate surface area is 158 Å². The van der Waals surface area contributed by atoms with E-state index in [9.17, 15) is 23.9 Å². The van der Waals surface area contributed by atoms with E-state index < -0.39 is 29.6 Å². The van der Waals surface area contributed by atoms with Gasteiger partial charge < -0.3 is 14.8 Å². The highest BCUT2D eigenvalue weighted by Crippen LogP contribution is 2.33. The van der Waals surface area contributed by atoms with Crippen LogP contribution >= 0.6 is 24.0 Å². The fourth-order valence-corrected chi connectivity index (χ4v) is 4.15. The van der Waals surface area contributed by atoms with Crippen LogP contribution in [0.15, 0.2) is 29.2 Å². The molecule has 9 heteroatoms. The van der Waals surface area contributed by atoms with Crippen molar-refractivity contribution in [1.82, 2.24) is 9.80 Å². The molecule has 2 heterocycles. The average Bonchev–Trinajstić information content (AvgIpc) is 3.18. The fourth-order valence-electron chi connectivity index (χ4n) is 2.91. The van der Waals surface area contributed by atoms with Crippen LogP contribution in [0.4, 0.5) is 4.39 Å². The van der Waals surface area contributed by atoms with Crippen molar-refractivity contribution in [3.05, 3.63) is 40.6 Å². The average molecular weight is 393 g/mol. The van der Waals surface area contributed by atoms with Crippen LogP contribution in [0.25, 0.3) is 6.08 Å². The molecule has 2 amide bonds. The zero-order valence-electron chi connectivity index (χ0n) is 13.5. The quantitative estimate of drug-likeness (QED) is 0.555. The van der Waals surface area contributed by atoms with Crippen molar-refractivity contribution >= 4 is 52.2 Å². The highest BCUT2D eigenvalue weighted by atomic mass is 32.2.